The highest BCUT2D eigenvalue weighted by atomic mass is 31.2. The monoisotopic (exact) mass is 327 g/mol. The van der Waals surface area contributed by atoms with Gasteiger partial charge in [0.1, 0.15) is 0 Å². The molecule has 0 fully saturated rings. The Labute approximate surface area is 123 Å². The first-order valence-electron chi connectivity index (χ1n) is 6.44. The molecule has 2 aromatic rings. The van der Waals surface area contributed by atoms with E-state index in [2.05, 4.69) is 19.5 Å². The number of phosphoric acid groups is 1. The lowest BCUT2D eigenvalue weighted by atomic mass is 10.1. The summed E-state index contributed by atoms with van der Waals surface area (Å²) in [5.74, 6) is -0.142. The van der Waals surface area contributed by atoms with Gasteiger partial charge in [0, 0.05) is 5.92 Å². The van der Waals surface area contributed by atoms with Crippen LogP contribution in [0.15, 0.2) is 23.3 Å². The van der Waals surface area contributed by atoms with Crippen LogP contribution in [0.1, 0.15) is 12.5 Å². The molecule has 11 heteroatoms. The second kappa shape index (κ2) is 5.33. The molecule has 1 aliphatic carbocycles. The van der Waals surface area contributed by atoms with Gasteiger partial charge in [0.2, 0.25) is 5.95 Å². The van der Waals surface area contributed by atoms with Crippen LogP contribution in [0.3, 0.4) is 0 Å². The van der Waals surface area contributed by atoms with Crippen molar-refractivity contribution in [1.29, 1.82) is 0 Å². The zero-order valence-electron chi connectivity index (χ0n) is 11.3. The second-order valence-electron chi connectivity index (χ2n) is 5.01. The molecule has 0 bridgehead atoms. The van der Waals surface area contributed by atoms with Gasteiger partial charge in [-0.1, -0.05) is 12.2 Å². The van der Waals surface area contributed by atoms with Crippen molar-refractivity contribution in [3.8, 4) is 0 Å². The van der Waals surface area contributed by atoms with Gasteiger partial charge in [0.25, 0.3) is 5.56 Å². The minimum atomic E-state index is -4.48. The van der Waals surface area contributed by atoms with Crippen molar-refractivity contribution in [3.05, 3.63) is 28.8 Å². The van der Waals surface area contributed by atoms with Crippen molar-refractivity contribution in [2.24, 2.45) is 5.92 Å². The number of phosphoric ester groups is 1. The van der Waals surface area contributed by atoms with Crippen LogP contribution >= 0.6 is 7.82 Å². The summed E-state index contributed by atoms with van der Waals surface area (Å²) in [7, 11) is -4.48. The van der Waals surface area contributed by atoms with Crippen LogP contribution in [0, 0.1) is 5.92 Å². The normalized spacial score (nSPS) is 21.7. The molecule has 0 aliphatic heterocycles. The Bertz CT molecular complexity index is 837. The van der Waals surface area contributed by atoms with E-state index >= 15 is 0 Å². The highest BCUT2D eigenvalue weighted by Gasteiger charge is 2.25. The Morgan fingerprint density at radius 3 is 3.00 bits per heavy atom. The van der Waals surface area contributed by atoms with Crippen molar-refractivity contribution < 1.29 is 18.9 Å². The maximum atomic E-state index is 11.7. The molecule has 1 aliphatic rings. The molecule has 5 N–H and O–H groups in total. The van der Waals surface area contributed by atoms with E-state index in [1.807, 2.05) is 12.2 Å². The molecule has 0 saturated heterocycles. The van der Waals surface area contributed by atoms with E-state index in [0.717, 1.165) is 0 Å². The molecule has 2 aromatic heterocycles. The third-order valence-electron chi connectivity index (χ3n) is 3.41. The van der Waals surface area contributed by atoms with Gasteiger partial charge in [-0.2, -0.15) is 4.98 Å². The van der Waals surface area contributed by atoms with E-state index in [0.29, 0.717) is 12.1 Å². The number of aromatic nitrogens is 4. The number of nitrogens with one attached hydrogen (secondary N) is 1. The molecule has 0 spiro atoms. The Morgan fingerprint density at radius 2 is 2.27 bits per heavy atom. The molecule has 118 valence electrons. The van der Waals surface area contributed by atoms with Crippen LogP contribution in [-0.2, 0) is 9.09 Å². The van der Waals surface area contributed by atoms with Crippen LogP contribution in [0.25, 0.3) is 11.2 Å². The van der Waals surface area contributed by atoms with Crippen LogP contribution in [0.4, 0.5) is 5.95 Å². The minimum Gasteiger partial charge on any atom is -0.369 e. The number of imidazole rings is 1. The third-order valence-corrected chi connectivity index (χ3v) is 3.90. The number of anilines is 1. The average molecular weight is 327 g/mol. The zero-order chi connectivity index (χ0) is 15.9. The van der Waals surface area contributed by atoms with E-state index in [4.69, 9.17) is 15.5 Å². The Hall–Kier alpha value is -2.00. The number of hydrogen-bond donors (Lipinski definition) is 4. The van der Waals surface area contributed by atoms with Gasteiger partial charge in [-0.15, -0.1) is 0 Å². The largest absolute Gasteiger partial charge is 0.469 e. The summed E-state index contributed by atoms with van der Waals surface area (Å²) < 4.78 is 16.9. The fraction of sp³-hybridized carbons (Fsp3) is 0.364. The number of H-pyrrole nitrogens is 1. The van der Waals surface area contributed by atoms with Gasteiger partial charge < -0.3 is 20.1 Å². The fourth-order valence-electron chi connectivity index (χ4n) is 2.46. The summed E-state index contributed by atoms with van der Waals surface area (Å²) in [5, 5.41) is 0. The summed E-state index contributed by atoms with van der Waals surface area (Å²) in [5.41, 5.74) is 5.69. The van der Waals surface area contributed by atoms with Gasteiger partial charge in [-0.05, 0) is 6.42 Å². The van der Waals surface area contributed by atoms with Crippen molar-refractivity contribution in [2.75, 3.05) is 12.3 Å². The molecule has 10 nitrogen and oxygen atoms in total. The first-order valence-corrected chi connectivity index (χ1v) is 7.97. The Balaban J connectivity index is 1.81. The lowest BCUT2D eigenvalue weighted by molar-refractivity contribution is 0.177. The number of aromatic amines is 1. The summed E-state index contributed by atoms with van der Waals surface area (Å²) in [4.78, 5) is 39.6. The summed E-state index contributed by atoms with van der Waals surface area (Å²) in [6.07, 6.45) is 5.71. The number of nitrogens with zero attached hydrogens (tertiary/aromatic N) is 3. The molecular weight excluding hydrogens is 313 g/mol. The van der Waals surface area contributed by atoms with Gasteiger partial charge in [-0.25, -0.2) is 9.55 Å². The Kier molecular flexibility index (Phi) is 3.61. The first-order chi connectivity index (χ1) is 10.3. The fourth-order valence-corrected chi connectivity index (χ4v) is 2.85. The van der Waals surface area contributed by atoms with E-state index in [-0.39, 0.29) is 30.0 Å². The molecular formula is C11H14N5O5P. The second-order valence-corrected chi connectivity index (χ2v) is 6.25. The van der Waals surface area contributed by atoms with E-state index in [1.54, 1.807) is 4.57 Å². The highest BCUT2D eigenvalue weighted by Crippen LogP contribution is 2.38. The SMILES string of the molecule is Nc1nc2c(ncn2[C@H]2C=C[C@@H](COP(=O)(O)O)C2)c(=O)[nH]1. The smallest absolute Gasteiger partial charge is 0.369 e. The van der Waals surface area contributed by atoms with Crippen molar-refractivity contribution >= 4 is 24.9 Å². The topological polar surface area (TPSA) is 156 Å². The predicted molar refractivity (Wildman–Crippen MR) is 76.8 cm³/mol. The maximum absolute atomic E-state index is 11.7. The molecule has 0 aromatic carbocycles. The molecule has 3 rings (SSSR count). The molecule has 0 unspecified atom stereocenters. The molecule has 2 heterocycles. The summed E-state index contributed by atoms with van der Waals surface area (Å²) >= 11 is 0. The van der Waals surface area contributed by atoms with Gasteiger partial charge in [-0.3, -0.25) is 14.3 Å². The van der Waals surface area contributed by atoms with Crippen molar-refractivity contribution in [1.82, 2.24) is 19.5 Å². The minimum absolute atomic E-state index is 0.00242. The van der Waals surface area contributed by atoms with Crippen LogP contribution in [0.2, 0.25) is 0 Å². The Morgan fingerprint density at radius 1 is 1.50 bits per heavy atom. The van der Waals surface area contributed by atoms with Crippen LogP contribution in [0.5, 0.6) is 0 Å². The molecule has 0 radical (unpaired) electrons. The van der Waals surface area contributed by atoms with Crippen molar-refractivity contribution in [2.45, 2.75) is 12.5 Å². The maximum Gasteiger partial charge on any atom is 0.469 e. The third kappa shape index (κ3) is 2.95. The average Bonchev–Trinajstić information content (AvgIpc) is 3.01. The lowest BCUT2D eigenvalue weighted by Gasteiger charge is -2.14. The number of allylic oxidation sites excluding steroid dienone is 1. The molecule has 22 heavy (non-hydrogen) atoms. The number of fused-ring (bicyclic) bond motifs is 1. The van der Waals surface area contributed by atoms with Gasteiger partial charge in [0.05, 0.1) is 19.0 Å². The van der Waals surface area contributed by atoms with Crippen molar-refractivity contribution in [3.63, 3.8) is 0 Å². The zero-order valence-corrected chi connectivity index (χ0v) is 12.2. The van der Waals surface area contributed by atoms with E-state index < -0.39 is 13.4 Å². The van der Waals surface area contributed by atoms with E-state index in [1.165, 1.54) is 6.33 Å². The first kappa shape index (κ1) is 14.9. The number of nitrogen functional groups attached to an aromatic ring is 1. The molecule has 0 saturated carbocycles. The summed E-state index contributed by atoms with van der Waals surface area (Å²) in [6, 6.07) is -0.135. The lowest BCUT2D eigenvalue weighted by Crippen LogP contribution is -2.14. The molecule has 2 atom stereocenters. The summed E-state index contributed by atoms with van der Waals surface area (Å²) in [6.45, 7) is -0.0833. The van der Waals surface area contributed by atoms with Crippen LogP contribution < -0.4 is 11.3 Å². The van der Waals surface area contributed by atoms with Crippen LogP contribution in [-0.4, -0.2) is 35.9 Å². The van der Waals surface area contributed by atoms with Gasteiger partial charge >= 0.3 is 7.82 Å². The highest BCUT2D eigenvalue weighted by molar-refractivity contribution is 7.46. The number of rotatable bonds is 4. The quantitative estimate of drug-likeness (QED) is 0.449. The van der Waals surface area contributed by atoms with Gasteiger partial charge in [0.15, 0.2) is 11.2 Å². The number of hydrogen-bond acceptors (Lipinski definition) is 6. The number of nitrogens with two attached hydrogens (primary N) is 1. The predicted octanol–water partition coefficient (Wildman–Crippen LogP) is -0.0717. The molecule has 0 amide bonds. The van der Waals surface area contributed by atoms with E-state index in [9.17, 15) is 9.36 Å². The standard InChI is InChI=1S/C11H14N5O5P/c12-11-14-9-8(10(17)15-11)13-5-16(9)7-2-1-6(3-7)4-21-22(18,19)20/h1-2,5-7H,3-4H2,(H2,18,19,20)(H3,12,14,15,17)/t6-,7+/m1/s1.